The second kappa shape index (κ2) is 8.53. The molecule has 8 nitrogen and oxygen atoms in total. The number of furan rings is 1. The molecule has 1 amide bonds. The van der Waals surface area contributed by atoms with Crippen LogP contribution in [0.15, 0.2) is 56.3 Å². The summed E-state index contributed by atoms with van der Waals surface area (Å²) < 4.78 is 9.41. The number of nitrogens with one attached hydrogen (secondary N) is 1. The molecule has 4 aromatic heterocycles. The smallest absolute Gasteiger partial charge is 0.273 e. The number of hydrogen-bond acceptors (Lipinski definition) is 7. The summed E-state index contributed by atoms with van der Waals surface area (Å²) in [4.78, 5) is 25.8. The fourth-order valence-corrected chi connectivity index (χ4v) is 5.54. The Morgan fingerprint density at radius 1 is 1.18 bits per heavy atom. The molecule has 0 aliphatic carbocycles. The molecule has 0 fully saturated rings. The summed E-state index contributed by atoms with van der Waals surface area (Å²) in [7, 11) is 0. The fraction of sp³-hybridized carbons (Fsp3) is 0.217. The number of rotatable bonds is 6. The van der Waals surface area contributed by atoms with Crippen molar-refractivity contribution >= 4 is 50.7 Å². The summed E-state index contributed by atoms with van der Waals surface area (Å²) in [6.07, 6.45) is 1.57. The molecule has 5 aromatic rings. The molecule has 10 heteroatoms. The van der Waals surface area contributed by atoms with Gasteiger partial charge in [-0.3, -0.25) is 18.6 Å². The van der Waals surface area contributed by atoms with Gasteiger partial charge in [0.25, 0.3) is 5.56 Å². The topological polar surface area (TPSA) is 94.4 Å². The third-order valence-electron chi connectivity index (χ3n) is 5.35. The largest absolute Gasteiger partial charge is 0.467 e. The van der Waals surface area contributed by atoms with Crippen molar-refractivity contribution in [3.63, 3.8) is 0 Å². The normalized spacial score (nSPS) is 11.5. The number of anilines is 1. The first kappa shape index (κ1) is 21.5. The zero-order chi connectivity index (χ0) is 23.1. The van der Waals surface area contributed by atoms with Gasteiger partial charge in [-0.05, 0) is 55.5 Å². The van der Waals surface area contributed by atoms with Crippen molar-refractivity contribution in [2.75, 3.05) is 11.1 Å². The molecule has 4 heterocycles. The highest BCUT2D eigenvalue weighted by atomic mass is 32.2. The van der Waals surface area contributed by atoms with Crippen LogP contribution >= 0.6 is 23.1 Å². The van der Waals surface area contributed by atoms with E-state index in [2.05, 4.69) is 15.5 Å². The highest BCUT2D eigenvalue weighted by molar-refractivity contribution is 7.99. The van der Waals surface area contributed by atoms with E-state index in [4.69, 9.17) is 4.42 Å². The van der Waals surface area contributed by atoms with Gasteiger partial charge in [-0.1, -0.05) is 29.5 Å². The lowest BCUT2D eigenvalue weighted by molar-refractivity contribution is -0.113. The van der Waals surface area contributed by atoms with Crippen LogP contribution in [-0.2, 0) is 11.3 Å². The summed E-state index contributed by atoms with van der Waals surface area (Å²) in [5.74, 6) is 1.10. The maximum absolute atomic E-state index is 13.1. The summed E-state index contributed by atoms with van der Waals surface area (Å²) in [5, 5.41) is 14.0. The third-order valence-corrected chi connectivity index (χ3v) is 7.17. The number of aryl methyl sites for hydroxylation is 3. The van der Waals surface area contributed by atoms with E-state index in [0.29, 0.717) is 21.4 Å². The molecule has 5 rings (SSSR count). The number of carbonyl (C=O) groups excluding carboxylic acids is 1. The van der Waals surface area contributed by atoms with Gasteiger partial charge < -0.3 is 9.73 Å². The van der Waals surface area contributed by atoms with Crippen LogP contribution in [0.5, 0.6) is 0 Å². The zero-order valence-corrected chi connectivity index (χ0v) is 19.9. The minimum atomic E-state index is -0.143. The van der Waals surface area contributed by atoms with Crippen LogP contribution in [-0.4, -0.2) is 30.8 Å². The minimum Gasteiger partial charge on any atom is -0.467 e. The lowest BCUT2D eigenvalue weighted by atomic mass is 10.1. The Morgan fingerprint density at radius 2 is 1.97 bits per heavy atom. The van der Waals surface area contributed by atoms with Gasteiger partial charge in [0.05, 0.1) is 24.1 Å². The van der Waals surface area contributed by atoms with Crippen LogP contribution in [0.2, 0.25) is 0 Å². The maximum atomic E-state index is 13.1. The first-order valence-electron chi connectivity index (χ1n) is 10.3. The molecule has 0 spiro atoms. The third kappa shape index (κ3) is 3.96. The highest BCUT2D eigenvalue weighted by Gasteiger charge is 2.19. The van der Waals surface area contributed by atoms with Crippen LogP contribution in [0.3, 0.4) is 0 Å². The van der Waals surface area contributed by atoms with Gasteiger partial charge in [-0.2, -0.15) is 0 Å². The molecule has 0 saturated heterocycles. The summed E-state index contributed by atoms with van der Waals surface area (Å²) in [6, 6.07) is 9.56. The zero-order valence-electron chi connectivity index (χ0n) is 18.3. The number of carbonyl (C=O) groups is 1. The molecular weight excluding hydrogens is 458 g/mol. The van der Waals surface area contributed by atoms with Gasteiger partial charge in [0.1, 0.15) is 10.5 Å². The predicted molar refractivity (Wildman–Crippen MR) is 130 cm³/mol. The van der Waals surface area contributed by atoms with E-state index < -0.39 is 0 Å². The van der Waals surface area contributed by atoms with Gasteiger partial charge >= 0.3 is 0 Å². The molecule has 168 valence electrons. The molecule has 0 aliphatic heterocycles. The van der Waals surface area contributed by atoms with Crippen molar-refractivity contribution in [1.29, 1.82) is 0 Å². The Hall–Kier alpha value is -3.37. The average Bonchev–Trinajstić information content (AvgIpc) is 3.52. The molecule has 0 aliphatic rings. The standard InChI is InChI=1S/C23H21N5O3S2/c1-13-9-14(2)19(15(3)10-13)24-18(29)12-33-23-26-25-22-27(11-16-5-4-7-31-16)21(30)20-17(28(22)23)6-8-32-20/h4-10H,11-12H2,1-3H3,(H,24,29). The van der Waals surface area contributed by atoms with Crippen molar-refractivity contribution < 1.29 is 9.21 Å². The van der Waals surface area contributed by atoms with E-state index in [-0.39, 0.29) is 23.8 Å². The second-order valence-electron chi connectivity index (χ2n) is 7.83. The predicted octanol–water partition coefficient (Wildman–Crippen LogP) is 4.40. The van der Waals surface area contributed by atoms with Crippen molar-refractivity contribution in [2.45, 2.75) is 32.5 Å². The highest BCUT2D eigenvalue weighted by Crippen LogP contribution is 2.26. The quantitative estimate of drug-likeness (QED) is 0.363. The Bertz CT molecular complexity index is 1520. The fourth-order valence-electron chi connectivity index (χ4n) is 3.98. The lowest BCUT2D eigenvalue weighted by Gasteiger charge is -2.12. The first-order chi connectivity index (χ1) is 15.9. The van der Waals surface area contributed by atoms with Crippen molar-refractivity contribution in [3.05, 3.63) is 74.8 Å². The van der Waals surface area contributed by atoms with Crippen LogP contribution < -0.4 is 10.9 Å². The number of thioether (sulfide) groups is 1. The van der Waals surface area contributed by atoms with Gasteiger partial charge in [0.15, 0.2) is 5.16 Å². The molecule has 0 unspecified atom stereocenters. The van der Waals surface area contributed by atoms with Gasteiger partial charge in [-0.25, -0.2) is 0 Å². The average molecular weight is 480 g/mol. The second-order valence-corrected chi connectivity index (χ2v) is 9.69. The number of hydrogen-bond donors (Lipinski definition) is 1. The van der Waals surface area contributed by atoms with Crippen LogP contribution in [0, 0.1) is 20.8 Å². The number of amides is 1. The van der Waals surface area contributed by atoms with E-state index in [1.807, 2.05) is 54.8 Å². The van der Waals surface area contributed by atoms with Crippen molar-refractivity contribution in [1.82, 2.24) is 19.2 Å². The molecular formula is C23H21N5O3S2. The van der Waals surface area contributed by atoms with Crippen LogP contribution in [0.25, 0.3) is 16.0 Å². The maximum Gasteiger partial charge on any atom is 0.273 e. The van der Waals surface area contributed by atoms with E-state index in [1.54, 1.807) is 16.9 Å². The van der Waals surface area contributed by atoms with Crippen molar-refractivity contribution in [3.8, 4) is 0 Å². The Labute approximate surface area is 197 Å². The molecule has 1 N–H and O–H groups in total. The molecule has 0 bridgehead atoms. The number of thiophene rings is 1. The Kier molecular flexibility index (Phi) is 5.55. The minimum absolute atomic E-state index is 0.128. The van der Waals surface area contributed by atoms with Gasteiger partial charge in [0, 0.05) is 5.69 Å². The molecule has 0 radical (unpaired) electrons. The first-order valence-corrected chi connectivity index (χ1v) is 12.2. The van der Waals surface area contributed by atoms with Crippen LogP contribution in [0.4, 0.5) is 5.69 Å². The van der Waals surface area contributed by atoms with Crippen molar-refractivity contribution in [2.24, 2.45) is 0 Å². The SMILES string of the molecule is Cc1cc(C)c(NC(=O)CSc2nnc3n(Cc4ccco4)c(=O)c4sccc4n23)c(C)c1. The summed E-state index contributed by atoms with van der Waals surface area (Å²) in [5.41, 5.74) is 4.64. The molecule has 0 saturated carbocycles. The van der Waals surface area contributed by atoms with E-state index in [9.17, 15) is 9.59 Å². The summed E-state index contributed by atoms with van der Waals surface area (Å²) >= 11 is 2.65. The molecule has 1 aromatic carbocycles. The van der Waals surface area contributed by atoms with Crippen LogP contribution in [0.1, 0.15) is 22.5 Å². The Balaban J connectivity index is 1.45. The number of benzene rings is 1. The van der Waals surface area contributed by atoms with Gasteiger partial charge in [0.2, 0.25) is 11.7 Å². The number of aromatic nitrogens is 4. The molecule has 33 heavy (non-hydrogen) atoms. The molecule has 0 atom stereocenters. The van der Waals surface area contributed by atoms with E-state index in [0.717, 1.165) is 27.9 Å². The Morgan fingerprint density at radius 3 is 2.70 bits per heavy atom. The van der Waals surface area contributed by atoms with Gasteiger partial charge in [-0.15, -0.1) is 21.5 Å². The number of nitrogens with zero attached hydrogens (tertiary/aromatic N) is 4. The summed E-state index contributed by atoms with van der Waals surface area (Å²) in [6.45, 7) is 6.26. The monoisotopic (exact) mass is 479 g/mol. The van der Waals surface area contributed by atoms with E-state index >= 15 is 0 Å². The lowest BCUT2D eigenvalue weighted by Crippen LogP contribution is -2.23. The number of fused-ring (bicyclic) bond motifs is 3. The van der Waals surface area contributed by atoms with E-state index in [1.165, 1.54) is 23.1 Å².